The molecule has 0 bridgehead atoms. The molecule has 1 heterocycles. The number of aromatic nitrogens is 1. The standard InChI is InChI=1S/C10H12N2S/c1-4-9-7(2)5-10(11-6-13)12-8(9)3/h5H,4H2,1-3H3. The highest BCUT2D eigenvalue weighted by atomic mass is 32.1. The van der Waals surface area contributed by atoms with Crippen LogP contribution < -0.4 is 0 Å². The summed E-state index contributed by atoms with van der Waals surface area (Å²) in [5.74, 6) is 0.655. The lowest BCUT2D eigenvalue weighted by Gasteiger charge is -2.06. The summed E-state index contributed by atoms with van der Waals surface area (Å²) in [6.07, 6.45) is 1.01. The van der Waals surface area contributed by atoms with Gasteiger partial charge in [-0.05, 0) is 49.7 Å². The first kappa shape index (κ1) is 10.0. The van der Waals surface area contributed by atoms with Crippen molar-refractivity contribution in [2.24, 2.45) is 4.99 Å². The van der Waals surface area contributed by atoms with Gasteiger partial charge >= 0.3 is 0 Å². The topological polar surface area (TPSA) is 25.2 Å². The van der Waals surface area contributed by atoms with Crippen molar-refractivity contribution in [2.45, 2.75) is 27.2 Å². The molecule has 0 unspecified atom stereocenters. The molecule has 0 aliphatic carbocycles. The van der Waals surface area contributed by atoms with Gasteiger partial charge in [-0.3, -0.25) is 0 Å². The number of isothiocyanates is 1. The number of hydrogen-bond acceptors (Lipinski definition) is 3. The quantitative estimate of drug-likeness (QED) is 0.531. The molecule has 1 rings (SSSR count). The van der Waals surface area contributed by atoms with Crippen LogP contribution >= 0.6 is 12.2 Å². The Kier molecular flexibility index (Phi) is 3.29. The van der Waals surface area contributed by atoms with E-state index >= 15 is 0 Å². The van der Waals surface area contributed by atoms with E-state index in [1.807, 2.05) is 13.0 Å². The highest BCUT2D eigenvalue weighted by molar-refractivity contribution is 7.78. The first-order valence-corrected chi connectivity index (χ1v) is 4.64. The summed E-state index contributed by atoms with van der Waals surface area (Å²) >= 11 is 4.53. The number of thiocarbonyl (C=S) groups is 1. The lowest BCUT2D eigenvalue weighted by Crippen LogP contribution is -1.94. The van der Waals surface area contributed by atoms with Gasteiger partial charge < -0.3 is 0 Å². The highest BCUT2D eigenvalue weighted by Crippen LogP contribution is 2.18. The molecule has 0 N–H and O–H groups in total. The Morgan fingerprint density at radius 3 is 2.69 bits per heavy atom. The zero-order valence-electron chi connectivity index (χ0n) is 8.09. The molecule has 0 atom stereocenters. The molecule has 1 aromatic rings. The van der Waals surface area contributed by atoms with E-state index in [0.29, 0.717) is 5.82 Å². The van der Waals surface area contributed by atoms with E-state index < -0.39 is 0 Å². The lowest BCUT2D eigenvalue weighted by molar-refractivity contribution is 1.02. The maximum Gasteiger partial charge on any atom is 0.163 e. The fourth-order valence-electron chi connectivity index (χ4n) is 1.48. The van der Waals surface area contributed by atoms with Crippen LogP contribution in [0.25, 0.3) is 0 Å². The molecular weight excluding hydrogens is 180 g/mol. The molecule has 0 aliphatic rings. The molecule has 0 aromatic carbocycles. The van der Waals surface area contributed by atoms with Crippen molar-refractivity contribution in [3.05, 3.63) is 22.9 Å². The molecule has 0 aliphatic heterocycles. The second-order valence-electron chi connectivity index (χ2n) is 2.92. The van der Waals surface area contributed by atoms with Gasteiger partial charge in [-0.1, -0.05) is 6.92 Å². The van der Waals surface area contributed by atoms with E-state index in [4.69, 9.17) is 0 Å². The second kappa shape index (κ2) is 4.26. The second-order valence-corrected chi connectivity index (χ2v) is 3.10. The normalized spacial score (nSPS) is 9.46. The van der Waals surface area contributed by atoms with Crippen LogP contribution in [0.2, 0.25) is 0 Å². The number of pyridine rings is 1. The van der Waals surface area contributed by atoms with Gasteiger partial charge in [0.1, 0.15) is 0 Å². The van der Waals surface area contributed by atoms with Crippen LogP contribution in [0.4, 0.5) is 5.82 Å². The molecule has 0 amide bonds. The average Bonchev–Trinajstić information content (AvgIpc) is 2.04. The van der Waals surface area contributed by atoms with Crippen molar-refractivity contribution < 1.29 is 0 Å². The summed E-state index contributed by atoms with van der Waals surface area (Å²) in [5, 5.41) is 2.32. The van der Waals surface area contributed by atoms with E-state index in [1.54, 1.807) is 0 Å². The minimum absolute atomic E-state index is 0.655. The minimum Gasteiger partial charge on any atom is -0.233 e. The van der Waals surface area contributed by atoms with Crippen LogP contribution in [0.5, 0.6) is 0 Å². The molecule has 2 nitrogen and oxygen atoms in total. The lowest BCUT2D eigenvalue weighted by atomic mass is 10.1. The fourth-order valence-corrected chi connectivity index (χ4v) is 1.57. The van der Waals surface area contributed by atoms with Crippen LogP contribution in [0.1, 0.15) is 23.7 Å². The molecule has 0 saturated heterocycles. The third kappa shape index (κ3) is 2.20. The predicted octanol–water partition coefficient (Wildman–Crippen LogP) is 3.00. The van der Waals surface area contributed by atoms with Gasteiger partial charge in [-0.25, -0.2) is 4.98 Å². The van der Waals surface area contributed by atoms with Crippen molar-refractivity contribution in [2.75, 3.05) is 0 Å². The number of nitrogens with zero attached hydrogens (tertiary/aromatic N) is 2. The van der Waals surface area contributed by atoms with Gasteiger partial charge in [0.15, 0.2) is 5.82 Å². The maximum atomic E-state index is 4.53. The predicted molar refractivity (Wildman–Crippen MR) is 57.8 cm³/mol. The van der Waals surface area contributed by atoms with E-state index in [-0.39, 0.29) is 0 Å². The Labute approximate surface area is 83.7 Å². The number of aryl methyl sites for hydroxylation is 2. The third-order valence-electron chi connectivity index (χ3n) is 2.05. The van der Waals surface area contributed by atoms with E-state index in [1.165, 1.54) is 11.1 Å². The zero-order chi connectivity index (χ0) is 9.84. The van der Waals surface area contributed by atoms with Crippen LogP contribution in [0.15, 0.2) is 11.1 Å². The Balaban J connectivity index is 3.27. The highest BCUT2D eigenvalue weighted by Gasteiger charge is 2.03. The van der Waals surface area contributed by atoms with E-state index in [9.17, 15) is 0 Å². The van der Waals surface area contributed by atoms with Crippen LogP contribution in [-0.2, 0) is 6.42 Å². The SMILES string of the molecule is CCc1c(C)cc(N=C=S)nc1C. The fraction of sp³-hybridized carbons (Fsp3) is 0.400. The number of rotatable bonds is 2. The van der Waals surface area contributed by atoms with Crippen molar-refractivity contribution in [1.29, 1.82) is 0 Å². The van der Waals surface area contributed by atoms with E-state index in [2.05, 4.69) is 41.2 Å². The van der Waals surface area contributed by atoms with Crippen LogP contribution in [0.3, 0.4) is 0 Å². The first-order chi connectivity index (χ1) is 6.19. The summed E-state index contributed by atoms with van der Waals surface area (Å²) in [4.78, 5) is 8.16. The van der Waals surface area contributed by atoms with Crippen molar-refractivity contribution in [1.82, 2.24) is 4.98 Å². The first-order valence-electron chi connectivity index (χ1n) is 4.24. The molecule has 0 saturated carbocycles. The zero-order valence-corrected chi connectivity index (χ0v) is 8.90. The van der Waals surface area contributed by atoms with Gasteiger partial charge in [0.2, 0.25) is 0 Å². The van der Waals surface area contributed by atoms with Crippen molar-refractivity contribution in [3.63, 3.8) is 0 Å². The number of hydrogen-bond donors (Lipinski definition) is 0. The van der Waals surface area contributed by atoms with Crippen molar-refractivity contribution in [3.8, 4) is 0 Å². The summed E-state index contributed by atoms with van der Waals surface area (Å²) in [7, 11) is 0. The van der Waals surface area contributed by atoms with E-state index in [0.717, 1.165) is 12.1 Å². The van der Waals surface area contributed by atoms with Gasteiger partial charge in [-0.2, -0.15) is 4.99 Å². The molecule has 0 spiro atoms. The summed E-state index contributed by atoms with van der Waals surface area (Å²) in [6.45, 7) is 6.18. The van der Waals surface area contributed by atoms with Crippen LogP contribution in [0, 0.1) is 13.8 Å². The minimum atomic E-state index is 0.655. The molecule has 3 heteroatoms. The number of aliphatic imine (C=N–C) groups is 1. The van der Waals surface area contributed by atoms with Gasteiger partial charge in [0.05, 0.1) is 5.16 Å². The third-order valence-corrected chi connectivity index (χ3v) is 2.15. The Hall–Kier alpha value is -1.05. The smallest absolute Gasteiger partial charge is 0.163 e. The Bertz CT molecular complexity index is 342. The average molecular weight is 192 g/mol. The molecule has 68 valence electrons. The Morgan fingerprint density at radius 1 is 1.54 bits per heavy atom. The molecular formula is C10H12N2S. The summed E-state index contributed by atoms with van der Waals surface area (Å²) < 4.78 is 0. The van der Waals surface area contributed by atoms with Crippen molar-refractivity contribution >= 4 is 23.2 Å². The molecule has 0 fully saturated rings. The largest absolute Gasteiger partial charge is 0.233 e. The summed E-state index contributed by atoms with van der Waals surface area (Å²) in [6, 6.07) is 1.94. The Morgan fingerprint density at radius 2 is 2.23 bits per heavy atom. The monoisotopic (exact) mass is 192 g/mol. The van der Waals surface area contributed by atoms with Gasteiger partial charge in [0, 0.05) is 5.69 Å². The maximum absolute atomic E-state index is 4.53. The molecule has 0 radical (unpaired) electrons. The van der Waals surface area contributed by atoms with Gasteiger partial charge in [0.25, 0.3) is 0 Å². The molecule has 1 aromatic heterocycles. The molecule has 13 heavy (non-hydrogen) atoms. The summed E-state index contributed by atoms with van der Waals surface area (Å²) in [5.41, 5.74) is 3.55. The van der Waals surface area contributed by atoms with Crippen LogP contribution in [-0.4, -0.2) is 10.1 Å². The van der Waals surface area contributed by atoms with Gasteiger partial charge in [-0.15, -0.1) is 0 Å².